The monoisotopic (exact) mass is 423 g/mol. The third-order valence-electron chi connectivity index (χ3n) is 2.69. The lowest BCUT2D eigenvalue weighted by atomic mass is 10.2. The van der Waals surface area contributed by atoms with E-state index < -0.39 is 28.6 Å². The van der Waals surface area contributed by atoms with Crippen LogP contribution in [-0.2, 0) is 9.47 Å². The zero-order chi connectivity index (χ0) is 18.7. The first-order chi connectivity index (χ1) is 11.5. The molecule has 0 unspecified atom stereocenters. The normalized spacial score (nSPS) is 15.3. The summed E-state index contributed by atoms with van der Waals surface area (Å²) < 4.78 is 54.1. The number of hydrogen-bond donors (Lipinski definition) is 1. The van der Waals surface area contributed by atoms with Crippen LogP contribution in [0.2, 0.25) is 0 Å². The molecule has 1 fully saturated rings. The molecule has 12 heteroatoms. The van der Waals surface area contributed by atoms with Crippen molar-refractivity contribution in [3.8, 4) is 11.5 Å². The van der Waals surface area contributed by atoms with Gasteiger partial charge >= 0.3 is 12.5 Å². The Kier molecular flexibility index (Phi) is 6.36. The van der Waals surface area contributed by atoms with Gasteiger partial charge in [-0.1, -0.05) is 34.8 Å². The van der Waals surface area contributed by atoms with Gasteiger partial charge in [-0.2, -0.15) is 0 Å². The van der Waals surface area contributed by atoms with E-state index in [1.165, 1.54) is 6.07 Å². The maximum atomic E-state index is 12.3. The minimum atomic E-state index is -4.89. The first-order valence-electron chi connectivity index (χ1n) is 6.66. The Hall–Kier alpha value is -1.29. The van der Waals surface area contributed by atoms with E-state index in [4.69, 9.17) is 44.3 Å². The van der Waals surface area contributed by atoms with Gasteiger partial charge in [0.05, 0.1) is 18.9 Å². The summed E-state index contributed by atoms with van der Waals surface area (Å²) in [5.74, 6) is -0.449. The number of carbonyl (C=O) groups is 1. The molecule has 1 aromatic carbocycles. The molecule has 1 N–H and O–H groups in total. The highest BCUT2D eigenvalue weighted by Crippen LogP contribution is 2.34. The van der Waals surface area contributed by atoms with Crippen molar-refractivity contribution in [2.24, 2.45) is 0 Å². The van der Waals surface area contributed by atoms with Crippen LogP contribution in [0.4, 0.5) is 23.7 Å². The van der Waals surface area contributed by atoms with Crippen molar-refractivity contribution >= 4 is 46.6 Å². The lowest BCUT2D eigenvalue weighted by Gasteiger charge is -2.27. The van der Waals surface area contributed by atoms with E-state index in [0.717, 1.165) is 12.1 Å². The van der Waals surface area contributed by atoms with Gasteiger partial charge in [0.25, 0.3) is 0 Å². The molecule has 1 aromatic rings. The van der Waals surface area contributed by atoms with E-state index >= 15 is 0 Å². The second kappa shape index (κ2) is 7.94. The maximum absolute atomic E-state index is 12.3. The van der Waals surface area contributed by atoms with Gasteiger partial charge in [0.15, 0.2) is 0 Å². The number of carbonyl (C=O) groups excluding carboxylic acids is 1. The molecular formula is C13H11Cl3F3NO5. The van der Waals surface area contributed by atoms with Crippen molar-refractivity contribution in [3.05, 3.63) is 18.2 Å². The average molecular weight is 425 g/mol. The first kappa shape index (κ1) is 20.0. The zero-order valence-electron chi connectivity index (χ0n) is 12.2. The van der Waals surface area contributed by atoms with Crippen LogP contribution in [0, 0.1) is 0 Å². The number of hydrogen-bond acceptors (Lipinski definition) is 5. The number of nitrogens with one attached hydrogen (secondary N) is 1. The summed E-state index contributed by atoms with van der Waals surface area (Å²) in [7, 11) is 0. The Bertz CT molecular complexity index is 620. The third-order valence-corrected chi connectivity index (χ3v) is 3.02. The second-order valence-electron chi connectivity index (χ2n) is 4.80. The Labute approximate surface area is 155 Å². The number of anilines is 1. The number of rotatable bonds is 5. The van der Waals surface area contributed by atoms with Gasteiger partial charge in [0, 0.05) is 6.07 Å². The molecule has 1 heterocycles. The lowest BCUT2D eigenvalue weighted by molar-refractivity contribution is -0.274. The quantitative estimate of drug-likeness (QED) is 0.715. The van der Waals surface area contributed by atoms with E-state index in [9.17, 15) is 18.0 Å². The van der Waals surface area contributed by atoms with Crippen molar-refractivity contribution in [1.29, 1.82) is 0 Å². The molecular weight excluding hydrogens is 413 g/mol. The van der Waals surface area contributed by atoms with Crippen LogP contribution in [0.15, 0.2) is 18.2 Å². The highest BCUT2D eigenvalue weighted by molar-refractivity contribution is 6.67. The molecule has 1 saturated heterocycles. The Morgan fingerprint density at radius 1 is 1.28 bits per heavy atom. The third kappa shape index (κ3) is 7.23. The highest BCUT2D eigenvalue weighted by Gasteiger charge is 2.32. The molecule has 0 aromatic heterocycles. The predicted molar refractivity (Wildman–Crippen MR) is 83.6 cm³/mol. The smallest absolute Gasteiger partial charge is 0.483 e. The molecule has 0 spiro atoms. The van der Waals surface area contributed by atoms with E-state index in [1.54, 1.807) is 0 Å². The van der Waals surface area contributed by atoms with Crippen molar-refractivity contribution < 1.29 is 36.9 Å². The topological polar surface area (TPSA) is 66.0 Å². The molecule has 0 radical (unpaired) electrons. The number of amides is 1. The summed E-state index contributed by atoms with van der Waals surface area (Å²) in [5, 5.41) is 2.21. The molecule has 0 bridgehead atoms. The van der Waals surface area contributed by atoms with Crippen LogP contribution in [0.5, 0.6) is 11.5 Å². The molecule has 1 aliphatic rings. The molecule has 2 rings (SSSR count). The SMILES string of the molecule is O=C(Nc1cc(OC(F)(F)F)ccc1OC1COC1)OCC(Cl)(Cl)Cl. The summed E-state index contributed by atoms with van der Waals surface area (Å²) in [6.07, 6.45) is -6.23. The number of benzene rings is 1. The Balaban J connectivity index is 2.12. The first-order valence-corrected chi connectivity index (χ1v) is 7.80. The predicted octanol–water partition coefficient (Wildman–Crippen LogP) is 4.28. The van der Waals surface area contributed by atoms with Crippen LogP contribution in [0.1, 0.15) is 0 Å². The van der Waals surface area contributed by atoms with Gasteiger partial charge in [0.2, 0.25) is 3.79 Å². The van der Waals surface area contributed by atoms with E-state index in [0.29, 0.717) is 13.2 Å². The van der Waals surface area contributed by atoms with Crippen molar-refractivity contribution in [2.45, 2.75) is 16.3 Å². The minimum absolute atomic E-state index is 0.105. The van der Waals surface area contributed by atoms with Crippen LogP contribution >= 0.6 is 34.8 Å². The van der Waals surface area contributed by atoms with Gasteiger partial charge in [-0.15, -0.1) is 13.2 Å². The Morgan fingerprint density at radius 2 is 1.96 bits per heavy atom. The summed E-state index contributed by atoms with van der Waals surface area (Å²) in [5.41, 5.74) is -0.108. The van der Waals surface area contributed by atoms with Crippen molar-refractivity contribution in [2.75, 3.05) is 25.1 Å². The summed E-state index contributed by atoms with van der Waals surface area (Å²) in [4.78, 5) is 11.7. The van der Waals surface area contributed by atoms with Gasteiger partial charge < -0.3 is 18.9 Å². The summed E-state index contributed by atoms with van der Waals surface area (Å²) in [6.45, 7) is 0.0742. The molecule has 6 nitrogen and oxygen atoms in total. The molecule has 1 aliphatic heterocycles. The van der Waals surface area contributed by atoms with Gasteiger partial charge in [-0.05, 0) is 12.1 Å². The molecule has 140 valence electrons. The zero-order valence-corrected chi connectivity index (χ0v) is 14.5. The number of alkyl halides is 6. The second-order valence-corrected chi connectivity index (χ2v) is 7.32. The van der Waals surface area contributed by atoms with Crippen LogP contribution < -0.4 is 14.8 Å². The number of ether oxygens (including phenoxy) is 4. The fraction of sp³-hybridized carbons (Fsp3) is 0.462. The van der Waals surface area contributed by atoms with Crippen molar-refractivity contribution in [1.82, 2.24) is 0 Å². The maximum Gasteiger partial charge on any atom is 0.573 e. The highest BCUT2D eigenvalue weighted by atomic mass is 35.6. The van der Waals surface area contributed by atoms with Gasteiger partial charge in [-0.3, -0.25) is 5.32 Å². The van der Waals surface area contributed by atoms with Crippen LogP contribution in [0.25, 0.3) is 0 Å². The molecule has 1 amide bonds. The molecule has 0 atom stereocenters. The standard InChI is InChI=1S/C13H11Cl3F3NO5/c14-12(15,16)6-23-11(21)20-9-3-7(25-13(17,18)19)1-2-10(9)24-8-4-22-5-8/h1-3,8H,4-6H2,(H,20,21). The van der Waals surface area contributed by atoms with E-state index in [1.807, 2.05) is 0 Å². The lowest BCUT2D eigenvalue weighted by Crippen LogP contribution is -2.38. The molecule has 0 aliphatic carbocycles. The largest absolute Gasteiger partial charge is 0.573 e. The number of halogens is 6. The summed E-state index contributed by atoms with van der Waals surface area (Å²) >= 11 is 16.3. The molecule has 0 saturated carbocycles. The van der Waals surface area contributed by atoms with Crippen molar-refractivity contribution in [3.63, 3.8) is 0 Å². The van der Waals surface area contributed by atoms with E-state index in [2.05, 4.69) is 14.8 Å². The fourth-order valence-corrected chi connectivity index (χ4v) is 1.83. The van der Waals surface area contributed by atoms with Crippen LogP contribution in [-0.4, -0.2) is 42.2 Å². The summed E-state index contributed by atoms with van der Waals surface area (Å²) in [6, 6.07) is 3.18. The average Bonchev–Trinajstić information content (AvgIpc) is 2.40. The van der Waals surface area contributed by atoms with Crippen LogP contribution in [0.3, 0.4) is 0 Å². The Morgan fingerprint density at radius 3 is 2.48 bits per heavy atom. The van der Waals surface area contributed by atoms with Gasteiger partial charge in [-0.25, -0.2) is 4.79 Å². The minimum Gasteiger partial charge on any atom is -0.483 e. The van der Waals surface area contributed by atoms with E-state index in [-0.39, 0.29) is 17.5 Å². The fourth-order valence-electron chi connectivity index (χ4n) is 1.66. The van der Waals surface area contributed by atoms with Gasteiger partial charge in [0.1, 0.15) is 24.2 Å². The molecule has 25 heavy (non-hydrogen) atoms.